The molecule has 0 aliphatic carbocycles. The van der Waals surface area contributed by atoms with Gasteiger partial charge in [0.2, 0.25) is 0 Å². The molecule has 0 aliphatic rings. The van der Waals surface area contributed by atoms with Gasteiger partial charge < -0.3 is 0 Å². The number of aromatic nitrogens is 4. The van der Waals surface area contributed by atoms with Crippen LogP contribution in [0.1, 0.15) is 0 Å². The van der Waals surface area contributed by atoms with E-state index in [-0.39, 0.29) is 11.1 Å². The zero-order chi connectivity index (χ0) is 51.6. The molecule has 6 nitrogen and oxygen atoms in total. The van der Waals surface area contributed by atoms with Gasteiger partial charge in [-0.25, -0.2) is 9.97 Å². The molecule has 6 heteroatoms. The number of fused-ring (bicyclic) bond motifs is 8. The molecular weight excluding hydrogens is 953 g/mol. The van der Waals surface area contributed by atoms with E-state index in [0.29, 0.717) is 22.1 Å². The summed E-state index contributed by atoms with van der Waals surface area (Å²) in [6.07, 6.45) is 0. The third-order valence-electron chi connectivity index (χ3n) is 16.0. The van der Waals surface area contributed by atoms with Crippen LogP contribution in [0.5, 0.6) is 0 Å². The molecular formula is C72H42N4O2. The van der Waals surface area contributed by atoms with Crippen LogP contribution < -0.4 is 11.1 Å². The Hall–Kier alpha value is -10.6. The van der Waals surface area contributed by atoms with Crippen molar-refractivity contribution in [3.63, 3.8) is 0 Å². The summed E-state index contributed by atoms with van der Waals surface area (Å²) in [5.41, 5.74) is 18.5. The Morgan fingerprint density at radius 1 is 0.269 bits per heavy atom. The van der Waals surface area contributed by atoms with Gasteiger partial charge >= 0.3 is 0 Å². The first kappa shape index (κ1) is 43.8. The minimum Gasteiger partial charge on any atom is -0.268 e. The van der Waals surface area contributed by atoms with E-state index in [0.717, 1.165) is 132 Å². The number of hydrogen-bond donors (Lipinski definition) is 0. The van der Waals surface area contributed by atoms with E-state index in [1.165, 1.54) is 0 Å². The molecule has 0 aliphatic heterocycles. The number of imidazole rings is 2. The molecule has 16 aromatic rings. The van der Waals surface area contributed by atoms with Crippen LogP contribution >= 0.6 is 0 Å². The normalized spacial score (nSPS) is 11.9. The molecule has 4 aromatic heterocycles. The van der Waals surface area contributed by atoms with Gasteiger partial charge in [-0.1, -0.05) is 212 Å². The lowest BCUT2D eigenvalue weighted by Crippen LogP contribution is -2.13. The Morgan fingerprint density at radius 3 is 1.29 bits per heavy atom. The smallest absolute Gasteiger partial charge is 0.264 e. The molecule has 78 heavy (non-hydrogen) atoms. The minimum atomic E-state index is -0.0925. The van der Waals surface area contributed by atoms with Crippen LogP contribution in [0.25, 0.3) is 154 Å². The van der Waals surface area contributed by atoms with E-state index in [9.17, 15) is 4.79 Å². The molecule has 0 amide bonds. The highest BCUT2D eigenvalue weighted by molar-refractivity contribution is 6.21. The molecule has 12 aromatic carbocycles. The first-order valence-electron chi connectivity index (χ1n) is 26.3. The Morgan fingerprint density at radius 2 is 0.705 bits per heavy atom. The quantitative estimate of drug-likeness (QED) is 0.160. The Balaban J connectivity index is 0.860. The summed E-state index contributed by atoms with van der Waals surface area (Å²) in [7, 11) is 0. The van der Waals surface area contributed by atoms with Crippen LogP contribution in [-0.4, -0.2) is 18.8 Å². The van der Waals surface area contributed by atoms with Crippen molar-refractivity contribution >= 4 is 76.5 Å². The van der Waals surface area contributed by atoms with Crippen molar-refractivity contribution in [1.82, 2.24) is 18.8 Å². The van der Waals surface area contributed by atoms with Crippen LogP contribution in [-0.2, 0) is 0 Å². The van der Waals surface area contributed by atoms with Gasteiger partial charge in [-0.15, -0.1) is 0 Å². The lowest BCUT2D eigenvalue weighted by atomic mass is 9.93. The molecule has 4 heterocycles. The van der Waals surface area contributed by atoms with Crippen molar-refractivity contribution in [2.45, 2.75) is 0 Å². The van der Waals surface area contributed by atoms with E-state index in [1.807, 2.05) is 81.6 Å². The summed E-state index contributed by atoms with van der Waals surface area (Å²) in [6, 6.07) is 88.0. The molecule has 0 atom stereocenters. The highest BCUT2D eigenvalue weighted by atomic mass is 16.1. The van der Waals surface area contributed by atoms with Crippen LogP contribution in [0.15, 0.2) is 264 Å². The van der Waals surface area contributed by atoms with Crippen molar-refractivity contribution in [2.75, 3.05) is 0 Å². The summed E-state index contributed by atoms with van der Waals surface area (Å²) in [5, 5.41) is 7.11. The van der Waals surface area contributed by atoms with Crippen molar-refractivity contribution < 1.29 is 0 Å². The third-order valence-corrected chi connectivity index (χ3v) is 16.0. The van der Waals surface area contributed by atoms with Crippen LogP contribution in [0.2, 0.25) is 0 Å². The largest absolute Gasteiger partial charge is 0.268 e. The van der Waals surface area contributed by atoms with Crippen LogP contribution in [0.4, 0.5) is 0 Å². The second-order valence-electron chi connectivity index (χ2n) is 20.3. The Bertz CT molecular complexity index is 5210. The second kappa shape index (κ2) is 17.0. The van der Waals surface area contributed by atoms with E-state index < -0.39 is 0 Å². The van der Waals surface area contributed by atoms with E-state index in [2.05, 4.69) is 182 Å². The fourth-order valence-corrected chi connectivity index (χ4v) is 12.4. The number of hydrogen-bond acceptors (Lipinski definition) is 4. The zero-order valence-corrected chi connectivity index (χ0v) is 41.9. The van der Waals surface area contributed by atoms with Gasteiger partial charge in [-0.2, -0.15) is 0 Å². The zero-order valence-electron chi connectivity index (χ0n) is 41.9. The Labute approximate surface area is 446 Å². The monoisotopic (exact) mass is 994 g/mol. The van der Waals surface area contributed by atoms with Gasteiger partial charge in [0.25, 0.3) is 11.1 Å². The molecule has 0 saturated carbocycles. The van der Waals surface area contributed by atoms with Crippen LogP contribution in [0, 0.1) is 0 Å². The maximum atomic E-state index is 15.1. The van der Waals surface area contributed by atoms with E-state index >= 15 is 4.79 Å². The van der Waals surface area contributed by atoms with Gasteiger partial charge in [0.1, 0.15) is 11.3 Å². The first-order chi connectivity index (χ1) is 38.5. The van der Waals surface area contributed by atoms with Gasteiger partial charge in [-0.3, -0.25) is 18.4 Å². The van der Waals surface area contributed by atoms with Gasteiger partial charge in [-0.05, 0) is 120 Å². The standard InChI is InChI=1S/C72H42N4O2/c77-71-59-36-34-53(46-20-9-3-10-21-46)56-27-15-29-58(66(56)59)70-74-67-61(39-52(42-64(67)75(70)71)44-18-7-2-8-19-44)50-25-13-24-49(38-50)45-30-32-48(33-31-45)62-40-51(43-16-5-1-6-17-43)41-63-68(62)76-69(73-63)57-28-14-26-55-54(47-22-11-4-12-23-47)35-37-60(65(55)57)72(76)78/h1-42H. The van der Waals surface area contributed by atoms with Crippen molar-refractivity contribution in [1.29, 1.82) is 0 Å². The van der Waals surface area contributed by atoms with Crippen molar-refractivity contribution in [2.24, 2.45) is 0 Å². The summed E-state index contributed by atoms with van der Waals surface area (Å²) < 4.78 is 3.66. The minimum absolute atomic E-state index is 0.0900. The van der Waals surface area contributed by atoms with E-state index in [1.54, 1.807) is 0 Å². The first-order valence-corrected chi connectivity index (χ1v) is 26.3. The highest BCUT2D eigenvalue weighted by Gasteiger charge is 2.24. The molecule has 0 radical (unpaired) electrons. The highest BCUT2D eigenvalue weighted by Crippen LogP contribution is 2.43. The fourth-order valence-electron chi connectivity index (χ4n) is 12.4. The number of benzene rings is 12. The lowest BCUT2D eigenvalue weighted by molar-refractivity contribution is 1.19. The second-order valence-corrected chi connectivity index (χ2v) is 20.3. The summed E-state index contributed by atoms with van der Waals surface area (Å²) in [6.45, 7) is 0. The van der Waals surface area contributed by atoms with Crippen molar-refractivity contribution in [3.8, 4) is 77.9 Å². The molecule has 0 spiro atoms. The average Bonchev–Trinajstić information content (AvgIpc) is 4.23. The predicted octanol–water partition coefficient (Wildman–Crippen LogP) is 17.2. The Kier molecular flexibility index (Phi) is 9.54. The van der Waals surface area contributed by atoms with Gasteiger partial charge in [0.15, 0.2) is 0 Å². The molecule has 0 unspecified atom stereocenters. The fraction of sp³-hybridized carbons (Fsp3) is 0. The molecule has 362 valence electrons. The number of nitrogens with zero attached hydrogens (tertiary/aromatic N) is 4. The number of pyridine rings is 2. The average molecular weight is 995 g/mol. The molecule has 0 bridgehead atoms. The lowest BCUT2D eigenvalue weighted by Gasteiger charge is -2.13. The SMILES string of the molecule is O=c1c2ccc(-c3ccccc3)c3cccc(c32)c2nc3c(-c4cccc(-c5ccc(-c6cc(-c7ccccc7)cc7nc8c9cccc%10c(-c%11ccccc%11)ccc(c(=O)n8c67)c%109)cc5)c4)cc(-c4ccccc4)cc3n12. The van der Waals surface area contributed by atoms with Crippen LogP contribution in [0.3, 0.4) is 0 Å². The summed E-state index contributed by atoms with van der Waals surface area (Å²) in [5.74, 6) is 0. The van der Waals surface area contributed by atoms with Crippen molar-refractivity contribution in [3.05, 3.63) is 275 Å². The van der Waals surface area contributed by atoms with Gasteiger partial charge in [0.05, 0.1) is 22.1 Å². The topological polar surface area (TPSA) is 68.7 Å². The molecule has 16 rings (SSSR count). The third kappa shape index (κ3) is 6.57. The number of rotatable bonds is 7. The maximum Gasteiger partial charge on any atom is 0.264 e. The van der Waals surface area contributed by atoms with E-state index in [4.69, 9.17) is 9.97 Å². The maximum absolute atomic E-state index is 15.1. The summed E-state index contributed by atoms with van der Waals surface area (Å²) in [4.78, 5) is 40.8. The predicted molar refractivity (Wildman–Crippen MR) is 322 cm³/mol. The van der Waals surface area contributed by atoms with Gasteiger partial charge in [0, 0.05) is 43.4 Å². The molecule has 0 N–H and O–H groups in total. The molecule has 0 fully saturated rings. The molecule has 0 saturated heterocycles. The summed E-state index contributed by atoms with van der Waals surface area (Å²) >= 11 is 0.